The highest BCUT2D eigenvalue weighted by Gasteiger charge is 2.25. The zero-order chi connectivity index (χ0) is 26.5. The van der Waals surface area contributed by atoms with Crippen LogP contribution in [0.2, 0.25) is 5.15 Å². The third-order valence-electron chi connectivity index (χ3n) is 6.21. The zero-order valence-corrected chi connectivity index (χ0v) is 21.7. The summed E-state index contributed by atoms with van der Waals surface area (Å²) in [5.41, 5.74) is 2.10. The minimum absolute atomic E-state index is 0.0506. The molecule has 0 aliphatic carbocycles. The fourth-order valence-corrected chi connectivity index (χ4v) is 4.56. The molecule has 194 valence electrons. The van der Waals surface area contributed by atoms with E-state index in [-0.39, 0.29) is 28.6 Å². The summed E-state index contributed by atoms with van der Waals surface area (Å²) in [7, 11) is 1.48. The van der Waals surface area contributed by atoms with Crippen molar-refractivity contribution in [2.45, 2.75) is 38.7 Å². The van der Waals surface area contributed by atoms with Gasteiger partial charge in [-0.3, -0.25) is 9.59 Å². The second-order valence-corrected chi connectivity index (χ2v) is 9.56. The van der Waals surface area contributed by atoms with Crippen LogP contribution in [0.15, 0.2) is 54.6 Å². The predicted molar refractivity (Wildman–Crippen MR) is 140 cm³/mol. The lowest BCUT2D eigenvalue weighted by molar-refractivity contribution is 0.0712. The van der Waals surface area contributed by atoms with E-state index in [0.29, 0.717) is 36.0 Å². The molecule has 0 atom stereocenters. The van der Waals surface area contributed by atoms with Gasteiger partial charge < -0.3 is 19.7 Å². The van der Waals surface area contributed by atoms with Crippen molar-refractivity contribution < 1.29 is 23.5 Å². The number of likely N-dealkylation sites (tertiary alicyclic amines) is 1. The van der Waals surface area contributed by atoms with Crippen LogP contribution in [0.3, 0.4) is 0 Å². The zero-order valence-electron chi connectivity index (χ0n) is 21.0. The number of carbonyl (C=O) groups excluding carboxylic acids is 2. The Balaban J connectivity index is 1.34. The number of anilines is 1. The van der Waals surface area contributed by atoms with Gasteiger partial charge in [0, 0.05) is 36.5 Å². The number of hydrogen-bond donors (Lipinski definition) is 1. The Morgan fingerprint density at radius 3 is 2.41 bits per heavy atom. The molecule has 1 fully saturated rings. The third kappa shape index (κ3) is 6.57. The minimum Gasteiger partial charge on any atom is -0.491 e. The number of methoxy groups -OCH3 is 1. The number of ether oxygens (including phenoxy) is 2. The highest BCUT2D eigenvalue weighted by atomic mass is 35.5. The lowest BCUT2D eigenvalue weighted by atomic mass is 9.89. The smallest absolute Gasteiger partial charge is 0.258 e. The Labute approximate surface area is 220 Å². The SMILES string of the molecule is COc1cc(C(=O)N2CCC(c3ccc(NC(=O)c4ccc(OC(C)C)cc4F)cc3)CC2)cc(Cl)n1. The summed E-state index contributed by atoms with van der Waals surface area (Å²) < 4.78 is 25.0. The van der Waals surface area contributed by atoms with Gasteiger partial charge in [0.2, 0.25) is 5.88 Å². The molecule has 7 nitrogen and oxygen atoms in total. The number of hydrogen-bond acceptors (Lipinski definition) is 5. The Hall–Kier alpha value is -3.65. The molecule has 1 saturated heterocycles. The van der Waals surface area contributed by atoms with Crippen molar-refractivity contribution in [3.63, 3.8) is 0 Å². The van der Waals surface area contributed by atoms with Crippen LogP contribution in [-0.4, -0.2) is 48.0 Å². The maximum absolute atomic E-state index is 14.4. The van der Waals surface area contributed by atoms with E-state index in [0.717, 1.165) is 18.4 Å². The number of carbonyl (C=O) groups is 2. The van der Waals surface area contributed by atoms with Gasteiger partial charge in [-0.15, -0.1) is 0 Å². The Bertz CT molecular complexity index is 1270. The average Bonchev–Trinajstić information content (AvgIpc) is 2.88. The van der Waals surface area contributed by atoms with Crippen LogP contribution in [-0.2, 0) is 0 Å². The van der Waals surface area contributed by atoms with Crippen molar-refractivity contribution in [1.29, 1.82) is 0 Å². The van der Waals surface area contributed by atoms with Gasteiger partial charge in [-0.25, -0.2) is 9.37 Å². The van der Waals surface area contributed by atoms with Gasteiger partial charge in [0.15, 0.2) is 0 Å². The minimum atomic E-state index is -0.638. The molecular weight excluding hydrogens is 497 g/mol. The molecule has 2 aromatic carbocycles. The first-order chi connectivity index (χ1) is 17.7. The summed E-state index contributed by atoms with van der Waals surface area (Å²) in [6, 6.07) is 14.9. The monoisotopic (exact) mass is 525 g/mol. The molecule has 37 heavy (non-hydrogen) atoms. The molecule has 4 rings (SSSR count). The van der Waals surface area contributed by atoms with Crippen LogP contribution < -0.4 is 14.8 Å². The second kappa shape index (κ2) is 11.6. The molecule has 0 saturated carbocycles. The molecule has 1 aromatic heterocycles. The lowest BCUT2D eigenvalue weighted by Gasteiger charge is -2.32. The average molecular weight is 526 g/mol. The first-order valence-electron chi connectivity index (χ1n) is 12.1. The van der Waals surface area contributed by atoms with E-state index in [1.54, 1.807) is 18.2 Å². The van der Waals surface area contributed by atoms with Crippen LogP contribution >= 0.6 is 11.6 Å². The highest BCUT2D eigenvalue weighted by molar-refractivity contribution is 6.29. The number of halogens is 2. The van der Waals surface area contributed by atoms with Gasteiger partial charge in [-0.05, 0) is 68.5 Å². The van der Waals surface area contributed by atoms with Crippen LogP contribution in [0.1, 0.15) is 58.9 Å². The fourth-order valence-electron chi connectivity index (χ4n) is 4.36. The first kappa shape index (κ1) is 26.4. The van der Waals surface area contributed by atoms with Crippen molar-refractivity contribution in [3.05, 3.63) is 82.3 Å². The molecule has 0 spiro atoms. The topological polar surface area (TPSA) is 80.8 Å². The molecular formula is C28H29ClFN3O4. The van der Waals surface area contributed by atoms with Gasteiger partial charge in [0.25, 0.3) is 11.8 Å². The van der Waals surface area contributed by atoms with E-state index in [2.05, 4.69) is 10.3 Å². The number of aromatic nitrogens is 1. The molecule has 9 heteroatoms. The molecule has 0 unspecified atom stereocenters. The number of amides is 2. The van der Waals surface area contributed by atoms with Crippen LogP contribution in [0.5, 0.6) is 11.6 Å². The van der Waals surface area contributed by atoms with Gasteiger partial charge in [-0.1, -0.05) is 23.7 Å². The summed E-state index contributed by atoms with van der Waals surface area (Å²) in [4.78, 5) is 31.3. The molecule has 3 aromatic rings. The molecule has 0 radical (unpaired) electrons. The van der Waals surface area contributed by atoms with Crippen molar-refractivity contribution >= 4 is 29.1 Å². The summed E-state index contributed by atoms with van der Waals surface area (Å²) in [5.74, 6) is -0.296. The van der Waals surface area contributed by atoms with E-state index in [1.165, 1.54) is 19.2 Å². The molecule has 1 aliphatic rings. The molecule has 2 amide bonds. The predicted octanol–water partition coefficient (Wildman–Crippen LogP) is 5.94. The quantitative estimate of drug-likeness (QED) is 0.386. The number of pyridine rings is 1. The Kier molecular flexibility index (Phi) is 8.28. The van der Waals surface area contributed by atoms with E-state index >= 15 is 0 Å². The summed E-state index contributed by atoms with van der Waals surface area (Å²) >= 11 is 6.01. The van der Waals surface area contributed by atoms with Gasteiger partial charge >= 0.3 is 0 Å². The molecule has 1 aliphatic heterocycles. The van der Waals surface area contributed by atoms with Crippen molar-refractivity contribution in [2.24, 2.45) is 0 Å². The Morgan fingerprint density at radius 1 is 1.08 bits per heavy atom. The normalized spacial score (nSPS) is 13.9. The van der Waals surface area contributed by atoms with Crippen LogP contribution in [0, 0.1) is 5.82 Å². The summed E-state index contributed by atoms with van der Waals surface area (Å²) in [6.07, 6.45) is 1.53. The molecule has 0 bridgehead atoms. The van der Waals surface area contributed by atoms with Crippen LogP contribution in [0.4, 0.5) is 10.1 Å². The first-order valence-corrected chi connectivity index (χ1v) is 12.5. The maximum atomic E-state index is 14.4. The van der Waals surface area contributed by atoms with E-state index < -0.39 is 11.7 Å². The third-order valence-corrected chi connectivity index (χ3v) is 6.40. The van der Waals surface area contributed by atoms with E-state index in [4.69, 9.17) is 21.1 Å². The van der Waals surface area contributed by atoms with Crippen LogP contribution in [0.25, 0.3) is 0 Å². The van der Waals surface area contributed by atoms with E-state index in [1.807, 2.05) is 43.0 Å². The van der Waals surface area contributed by atoms with Gasteiger partial charge in [0.1, 0.15) is 16.7 Å². The largest absolute Gasteiger partial charge is 0.491 e. The lowest BCUT2D eigenvalue weighted by Crippen LogP contribution is -2.38. The number of rotatable bonds is 7. The van der Waals surface area contributed by atoms with Gasteiger partial charge in [-0.2, -0.15) is 0 Å². The van der Waals surface area contributed by atoms with Gasteiger partial charge in [0.05, 0.1) is 18.8 Å². The standard InChI is InChI=1S/C28H29ClFN3O4/c1-17(2)37-22-8-9-23(24(30)16-22)27(34)31-21-6-4-18(5-7-21)19-10-12-33(13-11-19)28(35)20-14-25(29)32-26(15-20)36-3/h4-9,14-17,19H,10-13H2,1-3H3,(H,31,34). The van der Waals surface area contributed by atoms with Crippen molar-refractivity contribution in [2.75, 3.05) is 25.5 Å². The highest BCUT2D eigenvalue weighted by Crippen LogP contribution is 2.30. The Morgan fingerprint density at radius 2 is 1.78 bits per heavy atom. The fraction of sp³-hybridized carbons (Fsp3) is 0.321. The van der Waals surface area contributed by atoms with Crippen molar-refractivity contribution in [1.82, 2.24) is 9.88 Å². The van der Waals surface area contributed by atoms with Crippen molar-refractivity contribution in [3.8, 4) is 11.6 Å². The second-order valence-electron chi connectivity index (χ2n) is 9.17. The summed E-state index contributed by atoms with van der Waals surface area (Å²) in [5, 5.41) is 2.96. The van der Waals surface area contributed by atoms with E-state index in [9.17, 15) is 14.0 Å². The number of nitrogens with one attached hydrogen (secondary N) is 1. The maximum Gasteiger partial charge on any atom is 0.258 e. The number of benzene rings is 2. The molecule has 2 heterocycles. The summed E-state index contributed by atoms with van der Waals surface area (Å²) in [6.45, 7) is 4.92. The molecule has 1 N–H and O–H groups in total. The number of piperidine rings is 1. The number of nitrogens with zero attached hydrogens (tertiary/aromatic N) is 2.